The minimum Gasteiger partial charge on any atom is -0.376 e. The fourth-order valence-electron chi connectivity index (χ4n) is 4.78. The zero-order valence-corrected chi connectivity index (χ0v) is 16.3. The Kier molecular flexibility index (Phi) is 6.11. The molecule has 3 saturated heterocycles. The number of hydrogen-bond donors (Lipinski definition) is 2. The summed E-state index contributed by atoms with van der Waals surface area (Å²) < 4.78 is 5.99. The summed E-state index contributed by atoms with van der Waals surface area (Å²) in [6, 6.07) is 8.11. The molecule has 0 saturated carbocycles. The number of carbonyl (C=O) groups excluding carboxylic acids is 1. The summed E-state index contributed by atoms with van der Waals surface area (Å²) >= 11 is 0. The molecule has 5 nitrogen and oxygen atoms in total. The first kappa shape index (κ1) is 18.9. The van der Waals surface area contributed by atoms with Gasteiger partial charge in [0.15, 0.2) is 0 Å². The number of nitrogens with one attached hydrogen (secondary N) is 2. The summed E-state index contributed by atoms with van der Waals surface area (Å²) in [4.78, 5) is 15.0. The van der Waals surface area contributed by atoms with Gasteiger partial charge in [-0.15, -0.1) is 0 Å². The van der Waals surface area contributed by atoms with Gasteiger partial charge in [-0.3, -0.25) is 9.69 Å². The molecule has 1 aromatic rings. The maximum Gasteiger partial charge on any atom is 0.251 e. The predicted octanol–water partition coefficient (Wildman–Crippen LogP) is 2.56. The lowest BCUT2D eigenvalue weighted by Crippen LogP contribution is -2.38. The van der Waals surface area contributed by atoms with Gasteiger partial charge in [-0.2, -0.15) is 0 Å². The molecule has 27 heavy (non-hydrogen) atoms. The van der Waals surface area contributed by atoms with Crippen molar-refractivity contribution in [1.29, 1.82) is 0 Å². The van der Waals surface area contributed by atoms with Gasteiger partial charge in [0.2, 0.25) is 0 Å². The highest BCUT2D eigenvalue weighted by Crippen LogP contribution is 2.40. The lowest BCUT2D eigenvalue weighted by atomic mass is 9.77. The van der Waals surface area contributed by atoms with E-state index in [0.29, 0.717) is 12.0 Å². The molecule has 1 spiro atoms. The molecule has 5 heteroatoms. The van der Waals surface area contributed by atoms with E-state index in [9.17, 15) is 4.79 Å². The molecule has 0 aliphatic carbocycles. The highest BCUT2D eigenvalue weighted by molar-refractivity contribution is 5.94. The number of ether oxygens (including phenoxy) is 1. The molecule has 4 rings (SSSR count). The van der Waals surface area contributed by atoms with Gasteiger partial charge in [-0.1, -0.05) is 18.6 Å². The second-order valence-electron chi connectivity index (χ2n) is 8.63. The van der Waals surface area contributed by atoms with Crippen LogP contribution in [0.15, 0.2) is 24.3 Å². The number of amides is 1. The van der Waals surface area contributed by atoms with Gasteiger partial charge in [0.1, 0.15) is 0 Å². The Hall–Kier alpha value is -1.43. The second kappa shape index (κ2) is 8.72. The quantitative estimate of drug-likeness (QED) is 0.835. The lowest BCUT2D eigenvalue weighted by molar-refractivity contribution is 0.0781. The van der Waals surface area contributed by atoms with E-state index in [-0.39, 0.29) is 12.0 Å². The largest absolute Gasteiger partial charge is 0.376 e. The Labute approximate surface area is 162 Å². The predicted molar refractivity (Wildman–Crippen MR) is 107 cm³/mol. The average Bonchev–Trinajstić information content (AvgIpc) is 3.10. The van der Waals surface area contributed by atoms with Crippen LogP contribution in [0, 0.1) is 5.41 Å². The molecule has 1 aromatic carbocycles. The van der Waals surface area contributed by atoms with Gasteiger partial charge in [0.05, 0.1) is 12.7 Å². The number of hydrogen-bond acceptors (Lipinski definition) is 4. The van der Waals surface area contributed by atoms with Crippen LogP contribution in [-0.4, -0.2) is 56.2 Å². The van der Waals surface area contributed by atoms with E-state index in [1.165, 1.54) is 50.8 Å². The summed E-state index contributed by atoms with van der Waals surface area (Å²) in [5.41, 5.74) is 2.38. The van der Waals surface area contributed by atoms with Crippen molar-refractivity contribution < 1.29 is 9.53 Å². The topological polar surface area (TPSA) is 53.6 Å². The van der Waals surface area contributed by atoms with Crippen LogP contribution in [0.2, 0.25) is 0 Å². The minimum absolute atomic E-state index is 0.00869. The Bertz CT molecular complexity index is 619. The van der Waals surface area contributed by atoms with Crippen LogP contribution in [0.1, 0.15) is 54.4 Å². The molecule has 3 heterocycles. The third-order valence-corrected chi connectivity index (χ3v) is 6.51. The van der Waals surface area contributed by atoms with Crippen molar-refractivity contribution in [3.8, 4) is 0 Å². The van der Waals surface area contributed by atoms with E-state index in [0.717, 1.165) is 38.2 Å². The number of carbonyl (C=O) groups is 1. The minimum atomic E-state index is 0.00869. The molecule has 0 radical (unpaired) electrons. The summed E-state index contributed by atoms with van der Waals surface area (Å²) in [7, 11) is 0. The van der Waals surface area contributed by atoms with Gasteiger partial charge in [-0.25, -0.2) is 0 Å². The van der Waals surface area contributed by atoms with Crippen molar-refractivity contribution >= 4 is 5.91 Å². The van der Waals surface area contributed by atoms with Crippen LogP contribution >= 0.6 is 0 Å². The summed E-state index contributed by atoms with van der Waals surface area (Å²) in [6.07, 6.45) is 7.59. The number of likely N-dealkylation sites (tertiary alicyclic amines) is 1. The second-order valence-corrected chi connectivity index (χ2v) is 8.63. The van der Waals surface area contributed by atoms with Crippen LogP contribution in [0.5, 0.6) is 0 Å². The Morgan fingerprint density at radius 2 is 1.89 bits per heavy atom. The van der Waals surface area contributed by atoms with Crippen LogP contribution < -0.4 is 10.6 Å². The molecule has 3 aliphatic rings. The van der Waals surface area contributed by atoms with Crippen LogP contribution in [0.3, 0.4) is 0 Å². The SMILES string of the molecule is O=C(NCC1CC2(CCNCC2)CO1)c1ccc(CN2CCCCC2)cc1. The van der Waals surface area contributed by atoms with E-state index in [1.54, 1.807) is 0 Å². The molecular weight excluding hydrogens is 338 g/mol. The molecule has 0 aromatic heterocycles. The van der Waals surface area contributed by atoms with Crippen molar-refractivity contribution in [2.75, 3.05) is 39.3 Å². The standard InChI is InChI=1S/C22H33N3O2/c26-21(24-15-20-14-22(17-27-20)8-10-23-11-9-22)19-6-4-18(5-7-19)16-25-12-2-1-3-13-25/h4-7,20,23H,1-3,8-17H2,(H,24,26). The number of rotatable bonds is 5. The molecule has 148 valence electrons. The smallest absolute Gasteiger partial charge is 0.251 e. The normalized spacial score (nSPS) is 25.6. The fourth-order valence-corrected chi connectivity index (χ4v) is 4.78. The first-order valence-corrected chi connectivity index (χ1v) is 10.6. The zero-order chi connectivity index (χ0) is 18.5. The average molecular weight is 372 g/mol. The lowest BCUT2D eigenvalue weighted by Gasteiger charge is -2.32. The van der Waals surface area contributed by atoms with Crippen molar-refractivity contribution in [2.24, 2.45) is 5.41 Å². The molecule has 2 N–H and O–H groups in total. The zero-order valence-electron chi connectivity index (χ0n) is 16.3. The van der Waals surface area contributed by atoms with E-state index in [4.69, 9.17) is 4.74 Å². The Morgan fingerprint density at radius 3 is 2.63 bits per heavy atom. The maximum atomic E-state index is 12.5. The molecule has 1 atom stereocenters. The van der Waals surface area contributed by atoms with E-state index >= 15 is 0 Å². The highest BCUT2D eigenvalue weighted by atomic mass is 16.5. The first-order chi connectivity index (χ1) is 13.2. The van der Waals surface area contributed by atoms with E-state index in [1.807, 2.05) is 12.1 Å². The van der Waals surface area contributed by atoms with Gasteiger partial charge in [0, 0.05) is 18.7 Å². The molecule has 3 aliphatic heterocycles. The molecule has 0 bridgehead atoms. The molecule has 1 amide bonds. The molecule has 1 unspecified atom stereocenters. The summed E-state index contributed by atoms with van der Waals surface area (Å²) in [5, 5.41) is 6.50. The third-order valence-electron chi connectivity index (χ3n) is 6.51. The van der Waals surface area contributed by atoms with Gasteiger partial charge in [-0.05, 0) is 81.4 Å². The number of benzene rings is 1. The Morgan fingerprint density at radius 1 is 1.15 bits per heavy atom. The van der Waals surface area contributed by atoms with Crippen LogP contribution in [-0.2, 0) is 11.3 Å². The van der Waals surface area contributed by atoms with Gasteiger partial charge in [0.25, 0.3) is 5.91 Å². The van der Waals surface area contributed by atoms with E-state index < -0.39 is 0 Å². The molecular formula is C22H33N3O2. The number of piperidine rings is 2. The first-order valence-electron chi connectivity index (χ1n) is 10.6. The fraction of sp³-hybridized carbons (Fsp3) is 0.682. The van der Waals surface area contributed by atoms with Crippen molar-refractivity contribution in [2.45, 2.75) is 51.2 Å². The van der Waals surface area contributed by atoms with E-state index in [2.05, 4.69) is 27.7 Å². The van der Waals surface area contributed by atoms with Crippen LogP contribution in [0.4, 0.5) is 0 Å². The van der Waals surface area contributed by atoms with Crippen LogP contribution in [0.25, 0.3) is 0 Å². The van der Waals surface area contributed by atoms with Crippen molar-refractivity contribution in [3.05, 3.63) is 35.4 Å². The monoisotopic (exact) mass is 371 g/mol. The van der Waals surface area contributed by atoms with Crippen molar-refractivity contribution in [3.63, 3.8) is 0 Å². The summed E-state index contributed by atoms with van der Waals surface area (Å²) in [5.74, 6) is 0.00869. The highest BCUT2D eigenvalue weighted by Gasteiger charge is 2.40. The molecule has 3 fully saturated rings. The van der Waals surface area contributed by atoms with Gasteiger partial charge < -0.3 is 15.4 Å². The Balaban J connectivity index is 1.23. The maximum absolute atomic E-state index is 12.5. The third kappa shape index (κ3) is 4.89. The summed E-state index contributed by atoms with van der Waals surface area (Å²) in [6.45, 7) is 7.03. The van der Waals surface area contributed by atoms with Gasteiger partial charge >= 0.3 is 0 Å². The number of nitrogens with zero attached hydrogens (tertiary/aromatic N) is 1. The van der Waals surface area contributed by atoms with Crippen molar-refractivity contribution in [1.82, 2.24) is 15.5 Å².